The van der Waals surface area contributed by atoms with Crippen molar-refractivity contribution in [3.63, 3.8) is 0 Å². The van der Waals surface area contributed by atoms with E-state index in [4.69, 9.17) is 0 Å². The Labute approximate surface area is 105 Å². The average molecular weight is 276 g/mol. The first-order chi connectivity index (χ1) is 5.25. The van der Waals surface area contributed by atoms with Crippen molar-refractivity contribution in [3.8, 4) is 5.75 Å². The summed E-state index contributed by atoms with van der Waals surface area (Å²) in [6.45, 7) is 4.17. The molecule has 1 rings (SSSR count). The molecule has 0 fully saturated rings. The molecule has 0 N–H and O–H groups in total. The summed E-state index contributed by atoms with van der Waals surface area (Å²) in [5.74, 6) is 0.561. The fraction of sp³-hybridized carbons (Fsp3) is 0.400. The van der Waals surface area contributed by atoms with E-state index in [1.54, 1.807) is 12.1 Å². The number of benzene rings is 1. The molecule has 0 radical (unpaired) electrons. The van der Waals surface area contributed by atoms with Crippen molar-refractivity contribution in [2.75, 3.05) is 0 Å². The molecule has 1 unspecified atom stereocenters. The van der Waals surface area contributed by atoms with Crippen LogP contribution in [-0.4, -0.2) is 0 Å². The second-order valence-corrected chi connectivity index (χ2v) is 2.85. The fourth-order valence-electron chi connectivity index (χ4n) is 1.11. The Hall–Kier alpha value is 0.193. The minimum atomic E-state index is 0. The molecule has 1 aromatic carbocycles. The zero-order chi connectivity index (χ0) is 8.27. The molecule has 70 valence electrons. The number of halogens is 1. The van der Waals surface area contributed by atoms with Gasteiger partial charge in [0.15, 0.2) is 0 Å². The average Bonchev–Trinajstić information content (AvgIpc) is 2.04. The maximum atomic E-state index is 11.2. The molecule has 0 aliphatic heterocycles. The first-order valence-corrected chi connectivity index (χ1v) is 4.01. The second-order valence-electron chi connectivity index (χ2n) is 2.85. The van der Waals surface area contributed by atoms with Crippen molar-refractivity contribution in [3.05, 3.63) is 29.8 Å². The Bertz CT molecular complexity index is 240. The Kier molecular flexibility index (Phi) is 9.13. The van der Waals surface area contributed by atoms with Gasteiger partial charge in [-0.25, -0.2) is 0 Å². The van der Waals surface area contributed by atoms with Gasteiger partial charge in [-0.2, -0.15) is 0 Å². The van der Waals surface area contributed by atoms with Crippen LogP contribution in [0.5, 0.6) is 5.75 Å². The molecule has 0 bridgehead atoms. The zero-order valence-corrected chi connectivity index (χ0v) is 11.1. The molecule has 1 nitrogen and oxygen atoms in total. The number of rotatable bonds is 2. The third-order valence-corrected chi connectivity index (χ3v) is 2.06. The van der Waals surface area contributed by atoms with Crippen LogP contribution in [0.3, 0.4) is 0 Å². The summed E-state index contributed by atoms with van der Waals surface area (Å²) < 4.78 is 0. The van der Waals surface area contributed by atoms with E-state index in [2.05, 4.69) is 13.8 Å². The summed E-state index contributed by atoms with van der Waals surface area (Å²) >= 11 is 0. The molecule has 3 heteroatoms. The van der Waals surface area contributed by atoms with Crippen molar-refractivity contribution in [1.29, 1.82) is 0 Å². The van der Waals surface area contributed by atoms with Gasteiger partial charge in [0.25, 0.3) is 0 Å². The third kappa shape index (κ3) is 4.29. The Morgan fingerprint density at radius 1 is 1.31 bits per heavy atom. The molecular weight excluding hydrogens is 263 g/mol. The summed E-state index contributed by atoms with van der Waals surface area (Å²) in [4.78, 5) is 0. The van der Waals surface area contributed by atoms with Crippen LogP contribution in [0, 0.1) is 0 Å². The van der Waals surface area contributed by atoms with E-state index < -0.39 is 0 Å². The van der Waals surface area contributed by atoms with Crippen molar-refractivity contribution >= 4 is 0 Å². The van der Waals surface area contributed by atoms with Crippen molar-refractivity contribution in [2.24, 2.45) is 0 Å². The van der Waals surface area contributed by atoms with E-state index in [-0.39, 0.29) is 44.4 Å². The van der Waals surface area contributed by atoms with Crippen LogP contribution in [0.2, 0.25) is 0 Å². The predicted octanol–water partition coefficient (Wildman–Crippen LogP) is -0.725. The van der Waals surface area contributed by atoms with Crippen LogP contribution in [0.15, 0.2) is 24.3 Å². The van der Waals surface area contributed by atoms with E-state index in [9.17, 15) is 5.11 Å². The minimum Gasteiger partial charge on any atom is -1.00 e. The molecule has 0 spiro atoms. The molecule has 1 atom stereocenters. The quantitative estimate of drug-likeness (QED) is 0.698. The van der Waals surface area contributed by atoms with Gasteiger partial charge in [-0.3, -0.25) is 0 Å². The van der Waals surface area contributed by atoms with E-state index in [0.717, 1.165) is 12.0 Å². The molecular formula is C10H13ClOZr. The molecule has 0 saturated heterocycles. The van der Waals surface area contributed by atoms with E-state index >= 15 is 0 Å². The molecule has 0 amide bonds. The summed E-state index contributed by atoms with van der Waals surface area (Å²) in [6.07, 6.45) is 1.03. The Morgan fingerprint density at radius 3 is 2.31 bits per heavy atom. The molecule has 0 aliphatic rings. The molecule has 0 saturated carbocycles. The van der Waals surface area contributed by atoms with Crippen LogP contribution in [0.4, 0.5) is 0 Å². The summed E-state index contributed by atoms with van der Waals surface area (Å²) in [7, 11) is 0. The number of hydrogen-bond donors (Lipinski definition) is 0. The molecule has 0 aliphatic carbocycles. The topological polar surface area (TPSA) is 23.1 Å². The molecule has 13 heavy (non-hydrogen) atoms. The van der Waals surface area contributed by atoms with E-state index in [1.807, 2.05) is 12.1 Å². The van der Waals surface area contributed by atoms with Gasteiger partial charge < -0.3 is 17.5 Å². The van der Waals surface area contributed by atoms with Crippen LogP contribution in [0.1, 0.15) is 31.7 Å². The van der Waals surface area contributed by atoms with Crippen LogP contribution in [0.25, 0.3) is 0 Å². The van der Waals surface area contributed by atoms with Crippen LogP contribution < -0.4 is 17.5 Å². The normalized spacial score (nSPS) is 10.9. The predicted molar refractivity (Wildman–Crippen MR) is 44.6 cm³/mol. The fourth-order valence-corrected chi connectivity index (χ4v) is 1.11. The smallest absolute Gasteiger partial charge is 1.00 e. The largest absolute Gasteiger partial charge is 2.00 e. The summed E-state index contributed by atoms with van der Waals surface area (Å²) in [6, 6.07) is 7.25. The van der Waals surface area contributed by atoms with Gasteiger partial charge in [0.1, 0.15) is 0 Å². The summed E-state index contributed by atoms with van der Waals surface area (Å²) in [5, 5.41) is 11.2. The Balaban J connectivity index is 0. The van der Waals surface area contributed by atoms with Crippen molar-refractivity contribution < 1.29 is 43.7 Å². The van der Waals surface area contributed by atoms with Gasteiger partial charge in [-0.05, 0) is 12.3 Å². The van der Waals surface area contributed by atoms with Crippen molar-refractivity contribution in [1.82, 2.24) is 0 Å². The molecule has 0 heterocycles. The van der Waals surface area contributed by atoms with Gasteiger partial charge in [0.05, 0.1) is 0 Å². The summed E-state index contributed by atoms with van der Waals surface area (Å²) in [5.41, 5.74) is 0.940. The second kappa shape index (κ2) is 7.58. The number of hydrogen-bond acceptors (Lipinski definition) is 1. The maximum absolute atomic E-state index is 11.2. The van der Waals surface area contributed by atoms with Gasteiger partial charge in [0.2, 0.25) is 0 Å². The molecule has 0 aromatic heterocycles. The maximum Gasteiger partial charge on any atom is 2.00 e. The monoisotopic (exact) mass is 274 g/mol. The van der Waals surface area contributed by atoms with Crippen LogP contribution >= 0.6 is 0 Å². The van der Waals surface area contributed by atoms with E-state index in [0.29, 0.717) is 5.92 Å². The standard InChI is InChI=1S/C10H14O.ClH.Zr/c1-3-8(2)9-6-4-5-7-10(9)11;;/h4-8,11H,3H2,1-2H3;1H;/q;;+2/p-2. The first-order valence-electron chi connectivity index (χ1n) is 4.01. The van der Waals surface area contributed by atoms with Crippen molar-refractivity contribution in [2.45, 2.75) is 26.2 Å². The van der Waals surface area contributed by atoms with Gasteiger partial charge in [0, 0.05) is 0 Å². The third-order valence-electron chi connectivity index (χ3n) is 2.06. The SMILES string of the molecule is CCC(C)c1ccccc1[O-].[Cl-].[Zr+2]. The zero-order valence-electron chi connectivity index (χ0n) is 7.88. The van der Waals surface area contributed by atoms with Crippen LogP contribution in [-0.2, 0) is 26.2 Å². The Morgan fingerprint density at radius 2 is 1.85 bits per heavy atom. The minimum absolute atomic E-state index is 0. The van der Waals surface area contributed by atoms with Gasteiger partial charge in [-0.15, -0.1) is 5.75 Å². The molecule has 1 aromatic rings. The number of para-hydroxylation sites is 1. The van der Waals surface area contributed by atoms with E-state index in [1.165, 1.54) is 0 Å². The van der Waals surface area contributed by atoms with Gasteiger partial charge >= 0.3 is 26.2 Å². The first kappa shape index (κ1) is 15.7. The van der Waals surface area contributed by atoms with Gasteiger partial charge in [-0.1, -0.05) is 43.7 Å².